The normalized spacial score (nSPS) is 11.6. The Morgan fingerprint density at radius 3 is 1.45 bits per heavy atom. The fourth-order valence-corrected chi connectivity index (χ4v) is 11.1. The average Bonchev–Trinajstić information content (AvgIpc) is 4.02. The maximum Gasteiger partial charge on any atom is 0.143 e. The molecule has 73 heavy (non-hydrogen) atoms. The second kappa shape index (κ2) is 17.6. The lowest BCUT2D eigenvalue weighted by Gasteiger charge is -2.26. The molecule has 2 heterocycles. The molecular weight excluding hydrogens is 885 g/mol. The summed E-state index contributed by atoms with van der Waals surface area (Å²) in [6, 6.07) is 101. The van der Waals surface area contributed by atoms with Crippen LogP contribution in [0.1, 0.15) is 0 Å². The van der Waals surface area contributed by atoms with Crippen molar-refractivity contribution in [1.82, 2.24) is 4.57 Å². The lowest BCUT2D eigenvalue weighted by atomic mass is 9.93. The van der Waals surface area contributed by atoms with E-state index in [4.69, 9.17) is 4.42 Å². The molecule has 0 radical (unpaired) electrons. The van der Waals surface area contributed by atoms with Crippen molar-refractivity contribution in [1.29, 1.82) is 0 Å². The molecule has 2 aromatic heterocycles. The van der Waals surface area contributed by atoms with Crippen LogP contribution < -0.4 is 4.90 Å². The van der Waals surface area contributed by atoms with E-state index in [0.717, 1.165) is 78.1 Å². The summed E-state index contributed by atoms with van der Waals surface area (Å²) >= 11 is 0. The Morgan fingerprint density at radius 1 is 0.274 bits per heavy atom. The van der Waals surface area contributed by atoms with Gasteiger partial charge in [0.05, 0.1) is 16.7 Å². The quantitative estimate of drug-likeness (QED) is 0.144. The number of hydrogen-bond acceptors (Lipinski definition) is 2. The minimum absolute atomic E-state index is 0.898. The Hall–Kier alpha value is -9.70. The highest BCUT2D eigenvalue weighted by molar-refractivity contribution is 6.11. The van der Waals surface area contributed by atoms with Gasteiger partial charge in [0.2, 0.25) is 0 Å². The summed E-state index contributed by atoms with van der Waals surface area (Å²) in [7, 11) is 0. The lowest BCUT2D eigenvalue weighted by molar-refractivity contribution is 0.670. The minimum atomic E-state index is 0.898. The third-order valence-corrected chi connectivity index (χ3v) is 14.6. The maximum absolute atomic E-state index is 6.54. The topological polar surface area (TPSA) is 21.3 Å². The molecule has 3 nitrogen and oxygen atoms in total. The van der Waals surface area contributed by atoms with Crippen molar-refractivity contribution >= 4 is 71.6 Å². The van der Waals surface area contributed by atoms with Crippen molar-refractivity contribution in [3.63, 3.8) is 0 Å². The maximum atomic E-state index is 6.54. The summed E-state index contributed by atoms with van der Waals surface area (Å²) in [4.78, 5) is 2.37. The monoisotopic (exact) mass is 930 g/mol. The van der Waals surface area contributed by atoms with Gasteiger partial charge in [-0.1, -0.05) is 212 Å². The predicted octanol–water partition coefficient (Wildman–Crippen LogP) is 19.6. The molecule has 0 spiro atoms. The number of aromatic nitrogens is 1. The van der Waals surface area contributed by atoms with Crippen molar-refractivity contribution in [2.75, 3.05) is 4.90 Å². The van der Waals surface area contributed by atoms with Gasteiger partial charge in [0.1, 0.15) is 11.2 Å². The van der Waals surface area contributed by atoms with Crippen LogP contribution in [0.3, 0.4) is 0 Å². The van der Waals surface area contributed by atoms with Gasteiger partial charge < -0.3 is 13.9 Å². The van der Waals surface area contributed by atoms with E-state index in [0.29, 0.717) is 0 Å². The molecule has 14 rings (SSSR count). The van der Waals surface area contributed by atoms with Gasteiger partial charge in [-0.15, -0.1) is 0 Å². The molecule has 0 saturated carbocycles. The van der Waals surface area contributed by atoms with Crippen LogP contribution in [0.5, 0.6) is 0 Å². The van der Waals surface area contributed by atoms with Gasteiger partial charge in [-0.25, -0.2) is 0 Å². The zero-order valence-corrected chi connectivity index (χ0v) is 39.9. The van der Waals surface area contributed by atoms with E-state index < -0.39 is 0 Å². The summed E-state index contributed by atoms with van der Waals surface area (Å²) in [6.07, 6.45) is 0. The third kappa shape index (κ3) is 7.37. The molecule has 0 unspecified atom stereocenters. The molecule has 0 N–H and O–H groups in total. The fraction of sp³-hybridized carbons (Fsp3) is 0. The molecule has 0 atom stereocenters. The number of anilines is 3. The highest BCUT2D eigenvalue weighted by Crippen LogP contribution is 2.44. The Balaban J connectivity index is 0.881. The van der Waals surface area contributed by atoms with E-state index >= 15 is 0 Å². The van der Waals surface area contributed by atoms with Crippen LogP contribution in [0.25, 0.3) is 116 Å². The van der Waals surface area contributed by atoms with Gasteiger partial charge >= 0.3 is 0 Å². The summed E-state index contributed by atoms with van der Waals surface area (Å²) in [5, 5.41) is 7.21. The zero-order chi connectivity index (χ0) is 48.2. The molecule has 342 valence electrons. The number of nitrogens with zero attached hydrogens (tertiary/aromatic N) is 2. The summed E-state index contributed by atoms with van der Waals surface area (Å²) in [5.41, 5.74) is 20.0. The van der Waals surface area contributed by atoms with Gasteiger partial charge in [-0.2, -0.15) is 0 Å². The number of fused-ring (bicyclic) bond motifs is 7. The Morgan fingerprint density at radius 2 is 0.753 bits per heavy atom. The van der Waals surface area contributed by atoms with Crippen molar-refractivity contribution in [3.05, 3.63) is 279 Å². The zero-order valence-electron chi connectivity index (χ0n) is 39.9. The predicted molar refractivity (Wildman–Crippen MR) is 307 cm³/mol. The number of furan rings is 1. The highest BCUT2D eigenvalue weighted by atomic mass is 16.3. The van der Waals surface area contributed by atoms with Gasteiger partial charge in [0.25, 0.3) is 0 Å². The van der Waals surface area contributed by atoms with Gasteiger partial charge in [0, 0.05) is 49.7 Å². The van der Waals surface area contributed by atoms with E-state index in [-0.39, 0.29) is 0 Å². The number of hydrogen-bond donors (Lipinski definition) is 0. The molecule has 3 heteroatoms. The van der Waals surface area contributed by atoms with Crippen molar-refractivity contribution in [2.24, 2.45) is 0 Å². The van der Waals surface area contributed by atoms with Crippen LogP contribution in [0, 0.1) is 0 Å². The first-order chi connectivity index (χ1) is 36.2. The number of benzene rings is 12. The van der Waals surface area contributed by atoms with E-state index in [2.05, 4.69) is 276 Å². The van der Waals surface area contributed by atoms with Gasteiger partial charge in [0.15, 0.2) is 0 Å². The summed E-state index contributed by atoms with van der Waals surface area (Å²) in [6.45, 7) is 0. The van der Waals surface area contributed by atoms with Crippen LogP contribution in [-0.2, 0) is 0 Å². The second-order valence-electron chi connectivity index (χ2n) is 18.8. The van der Waals surface area contributed by atoms with E-state index in [1.54, 1.807) is 0 Å². The first kappa shape index (κ1) is 42.2. The van der Waals surface area contributed by atoms with Gasteiger partial charge in [-0.05, 0) is 122 Å². The first-order valence-corrected chi connectivity index (χ1v) is 25.0. The third-order valence-electron chi connectivity index (χ3n) is 14.6. The molecule has 0 fully saturated rings. The average molecular weight is 931 g/mol. The first-order valence-electron chi connectivity index (χ1n) is 25.0. The molecule has 12 aromatic carbocycles. The van der Waals surface area contributed by atoms with Crippen molar-refractivity contribution < 1.29 is 4.42 Å². The number of para-hydroxylation sites is 4. The molecule has 0 aliphatic heterocycles. The lowest BCUT2D eigenvalue weighted by Crippen LogP contribution is -2.10. The molecule has 0 bridgehead atoms. The van der Waals surface area contributed by atoms with Crippen molar-refractivity contribution in [3.8, 4) is 61.3 Å². The van der Waals surface area contributed by atoms with Gasteiger partial charge in [-0.3, -0.25) is 0 Å². The summed E-state index contributed by atoms with van der Waals surface area (Å²) in [5.74, 6) is 0. The molecular formula is C70H46N2O. The molecule has 0 aliphatic rings. The largest absolute Gasteiger partial charge is 0.455 e. The molecule has 0 aliphatic carbocycles. The van der Waals surface area contributed by atoms with E-state index in [1.807, 2.05) is 12.1 Å². The molecule has 0 amide bonds. The Labute approximate surface area is 423 Å². The smallest absolute Gasteiger partial charge is 0.143 e. The van der Waals surface area contributed by atoms with Crippen LogP contribution in [0.15, 0.2) is 283 Å². The Bertz CT molecular complexity index is 4300. The van der Waals surface area contributed by atoms with E-state index in [9.17, 15) is 0 Å². The van der Waals surface area contributed by atoms with Crippen molar-refractivity contribution in [2.45, 2.75) is 0 Å². The van der Waals surface area contributed by atoms with Crippen LogP contribution in [-0.4, -0.2) is 4.57 Å². The number of rotatable bonds is 9. The highest BCUT2D eigenvalue weighted by Gasteiger charge is 2.20. The molecule has 0 saturated heterocycles. The fourth-order valence-electron chi connectivity index (χ4n) is 11.1. The summed E-state index contributed by atoms with van der Waals surface area (Å²) < 4.78 is 8.99. The standard InChI is InChI=1S/C70H46N2O/c1-2-15-47(16-3-1)54-37-44-59(68(46-54)72-66-26-11-8-21-61(66)62-22-9-12-27-67(62)72)51-35-42-57(43-36-51)71(55-38-31-49(32-39-55)53-30-29-48-17-4-5-18-52(48)45-53)56-40-33-50(34-41-56)58-19-6-7-20-60(58)64-24-14-25-65-63-23-10-13-28-69(63)73-70(64)65/h1-46H. The Kier molecular flexibility index (Phi) is 10.2. The van der Waals surface area contributed by atoms with E-state index in [1.165, 1.54) is 54.8 Å². The van der Waals surface area contributed by atoms with Crippen LogP contribution in [0.2, 0.25) is 0 Å². The minimum Gasteiger partial charge on any atom is -0.455 e. The van der Waals surface area contributed by atoms with Crippen LogP contribution in [0.4, 0.5) is 17.1 Å². The molecule has 14 aromatic rings. The SMILES string of the molecule is c1ccc(-c2ccc(-c3ccc(N(c4ccc(-c5ccc6ccccc6c5)cc4)c4ccc(-c5ccccc5-c5cccc6c5oc5ccccc56)cc4)cc3)c(-n3c4ccccc4c4ccccc43)c2)cc1. The van der Waals surface area contributed by atoms with Crippen LogP contribution >= 0.6 is 0 Å². The second-order valence-corrected chi connectivity index (χ2v) is 18.8.